The van der Waals surface area contributed by atoms with Crippen LogP contribution in [0, 0.1) is 11.8 Å². The number of anilines is 1. The van der Waals surface area contributed by atoms with Crippen molar-refractivity contribution < 1.29 is 13.2 Å². The standard InChI is InChI=1S/C28H38N2O3S/c1-18(2)20-7-13-24-21(17-20)8-14-25-26(24)19(3)15-16-28(25,4)27(31)29-22-9-11-23(12-10-22)34(32,33)30(5)6/h8-12,14,18-20H,7,13,15-17H2,1-6H3,(H,29,31). The Morgan fingerprint density at radius 3 is 2.38 bits per heavy atom. The van der Waals surface area contributed by atoms with Crippen LogP contribution in [0.5, 0.6) is 0 Å². The Balaban J connectivity index is 1.62. The maximum Gasteiger partial charge on any atom is 0.242 e. The Labute approximate surface area is 205 Å². The predicted octanol–water partition coefficient (Wildman–Crippen LogP) is 5.49. The van der Waals surface area contributed by atoms with Crippen LogP contribution in [-0.2, 0) is 33.1 Å². The van der Waals surface area contributed by atoms with Gasteiger partial charge in [0.25, 0.3) is 0 Å². The molecule has 0 saturated carbocycles. The average Bonchev–Trinajstić information content (AvgIpc) is 2.80. The molecule has 3 unspecified atom stereocenters. The van der Waals surface area contributed by atoms with Crippen LogP contribution in [0.25, 0.3) is 0 Å². The summed E-state index contributed by atoms with van der Waals surface area (Å²) in [6.07, 6.45) is 5.25. The van der Waals surface area contributed by atoms with Gasteiger partial charge in [0.05, 0.1) is 10.3 Å². The van der Waals surface area contributed by atoms with Crippen molar-refractivity contribution in [3.05, 3.63) is 58.7 Å². The lowest BCUT2D eigenvalue weighted by Crippen LogP contribution is -2.41. The fourth-order valence-corrected chi connectivity index (χ4v) is 6.64. The number of hydrogen-bond donors (Lipinski definition) is 1. The van der Waals surface area contributed by atoms with Crippen LogP contribution >= 0.6 is 0 Å². The molecule has 1 amide bonds. The second kappa shape index (κ2) is 9.12. The molecule has 5 nitrogen and oxygen atoms in total. The van der Waals surface area contributed by atoms with Crippen molar-refractivity contribution in [1.29, 1.82) is 0 Å². The van der Waals surface area contributed by atoms with E-state index in [9.17, 15) is 13.2 Å². The molecular weight excluding hydrogens is 444 g/mol. The van der Waals surface area contributed by atoms with Gasteiger partial charge in [0, 0.05) is 19.8 Å². The van der Waals surface area contributed by atoms with E-state index in [1.54, 1.807) is 24.3 Å². The summed E-state index contributed by atoms with van der Waals surface area (Å²) in [4.78, 5) is 13.8. The van der Waals surface area contributed by atoms with E-state index in [2.05, 4.69) is 45.1 Å². The summed E-state index contributed by atoms with van der Waals surface area (Å²) < 4.78 is 25.9. The Morgan fingerprint density at radius 2 is 1.76 bits per heavy atom. The topological polar surface area (TPSA) is 66.5 Å². The Kier molecular flexibility index (Phi) is 6.69. The van der Waals surface area contributed by atoms with E-state index >= 15 is 0 Å². The molecule has 2 aliphatic rings. The largest absolute Gasteiger partial charge is 0.325 e. The molecule has 2 aliphatic carbocycles. The minimum Gasteiger partial charge on any atom is -0.325 e. The zero-order valence-electron chi connectivity index (χ0n) is 21.3. The highest BCUT2D eigenvalue weighted by molar-refractivity contribution is 7.89. The van der Waals surface area contributed by atoms with Gasteiger partial charge in [-0.2, -0.15) is 0 Å². The first-order chi connectivity index (χ1) is 15.9. The number of fused-ring (bicyclic) bond motifs is 3. The van der Waals surface area contributed by atoms with Crippen molar-refractivity contribution in [2.75, 3.05) is 19.4 Å². The predicted molar refractivity (Wildman–Crippen MR) is 138 cm³/mol. The third kappa shape index (κ3) is 4.31. The summed E-state index contributed by atoms with van der Waals surface area (Å²) in [7, 11) is -0.480. The number of nitrogens with zero attached hydrogens (tertiary/aromatic N) is 1. The molecule has 4 rings (SSSR count). The molecule has 0 radical (unpaired) electrons. The third-order valence-electron chi connectivity index (χ3n) is 8.20. The number of benzene rings is 2. The normalized spacial score (nSPS) is 24.6. The molecule has 0 fully saturated rings. The van der Waals surface area contributed by atoms with Crippen LogP contribution in [0.2, 0.25) is 0 Å². The van der Waals surface area contributed by atoms with Crippen molar-refractivity contribution in [3.63, 3.8) is 0 Å². The fraction of sp³-hybridized carbons (Fsp3) is 0.536. The highest BCUT2D eigenvalue weighted by Crippen LogP contribution is 2.47. The number of nitrogens with one attached hydrogen (secondary N) is 1. The Bertz CT molecular complexity index is 1180. The van der Waals surface area contributed by atoms with E-state index in [0.717, 1.165) is 37.2 Å². The number of hydrogen-bond acceptors (Lipinski definition) is 3. The van der Waals surface area contributed by atoms with Crippen LogP contribution in [0.4, 0.5) is 5.69 Å². The second-order valence-electron chi connectivity index (χ2n) is 10.9. The molecular formula is C28H38N2O3S. The van der Waals surface area contributed by atoms with Gasteiger partial charge in [0.2, 0.25) is 15.9 Å². The molecule has 3 atom stereocenters. The number of rotatable bonds is 5. The van der Waals surface area contributed by atoms with Crippen molar-refractivity contribution in [2.24, 2.45) is 11.8 Å². The Hall–Kier alpha value is -2.18. The van der Waals surface area contributed by atoms with Gasteiger partial charge in [-0.1, -0.05) is 32.9 Å². The number of sulfonamides is 1. The molecule has 6 heteroatoms. The smallest absolute Gasteiger partial charge is 0.242 e. The van der Waals surface area contributed by atoms with Gasteiger partial charge in [0.1, 0.15) is 0 Å². The third-order valence-corrected chi connectivity index (χ3v) is 10.0. The first-order valence-electron chi connectivity index (χ1n) is 12.4. The molecule has 1 N–H and O–H groups in total. The first kappa shape index (κ1) is 24.9. The number of amides is 1. The van der Waals surface area contributed by atoms with Crippen molar-refractivity contribution in [1.82, 2.24) is 4.31 Å². The maximum atomic E-state index is 13.6. The molecule has 0 aliphatic heterocycles. The van der Waals surface area contributed by atoms with Crippen LogP contribution < -0.4 is 5.32 Å². The van der Waals surface area contributed by atoms with Crippen molar-refractivity contribution in [2.45, 2.75) is 76.0 Å². The van der Waals surface area contributed by atoms with Gasteiger partial charge in [-0.05, 0) is 103 Å². The molecule has 0 bridgehead atoms. The zero-order chi connectivity index (χ0) is 24.8. The number of carbonyl (C=O) groups is 1. The average molecular weight is 483 g/mol. The maximum absolute atomic E-state index is 13.6. The summed E-state index contributed by atoms with van der Waals surface area (Å²) in [6.45, 7) is 9.00. The molecule has 0 aromatic heterocycles. The van der Waals surface area contributed by atoms with Gasteiger partial charge in [-0.15, -0.1) is 0 Å². The summed E-state index contributed by atoms with van der Waals surface area (Å²) in [5.74, 6) is 1.85. The van der Waals surface area contributed by atoms with E-state index in [1.807, 2.05) is 0 Å². The fourth-order valence-electron chi connectivity index (χ4n) is 5.73. The van der Waals surface area contributed by atoms with Gasteiger partial charge in [-0.25, -0.2) is 12.7 Å². The molecule has 2 aromatic rings. The summed E-state index contributed by atoms with van der Waals surface area (Å²) >= 11 is 0. The molecule has 2 aromatic carbocycles. The number of carbonyl (C=O) groups excluding carboxylic acids is 1. The summed E-state index contributed by atoms with van der Waals surface area (Å²) in [6, 6.07) is 10.9. The monoisotopic (exact) mass is 482 g/mol. The van der Waals surface area contributed by atoms with E-state index < -0.39 is 15.4 Å². The van der Waals surface area contributed by atoms with Gasteiger partial charge < -0.3 is 5.32 Å². The van der Waals surface area contributed by atoms with Gasteiger partial charge >= 0.3 is 0 Å². The van der Waals surface area contributed by atoms with Gasteiger partial charge in [-0.3, -0.25) is 4.79 Å². The zero-order valence-corrected chi connectivity index (χ0v) is 22.1. The first-order valence-corrected chi connectivity index (χ1v) is 13.9. The quantitative estimate of drug-likeness (QED) is 0.613. The minimum absolute atomic E-state index is 0.0281. The van der Waals surface area contributed by atoms with Crippen molar-refractivity contribution in [3.8, 4) is 0 Å². The molecule has 184 valence electrons. The highest BCUT2D eigenvalue weighted by Gasteiger charge is 2.42. The molecule has 0 spiro atoms. The lowest BCUT2D eigenvalue weighted by molar-refractivity contribution is -0.121. The van der Waals surface area contributed by atoms with E-state index in [4.69, 9.17) is 0 Å². The van der Waals surface area contributed by atoms with Crippen LogP contribution in [0.3, 0.4) is 0 Å². The van der Waals surface area contributed by atoms with E-state index in [1.165, 1.54) is 41.5 Å². The van der Waals surface area contributed by atoms with Crippen molar-refractivity contribution >= 4 is 21.6 Å². The van der Waals surface area contributed by atoms with Crippen LogP contribution in [0.15, 0.2) is 41.3 Å². The molecule has 34 heavy (non-hydrogen) atoms. The highest BCUT2D eigenvalue weighted by atomic mass is 32.2. The lowest BCUT2D eigenvalue weighted by Gasteiger charge is -2.41. The van der Waals surface area contributed by atoms with Gasteiger partial charge in [0.15, 0.2) is 0 Å². The minimum atomic E-state index is -3.50. The summed E-state index contributed by atoms with van der Waals surface area (Å²) in [5.41, 5.74) is 5.52. The summed E-state index contributed by atoms with van der Waals surface area (Å²) in [5, 5.41) is 3.07. The van der Waals surface area contributed by atoms with Crippen LogP contribution in [-0.4, -0.2) is 32.7 Å². The Morgan fingerprint density at radius 1 is 1.09 bits per heavy atom. The van der Waals surface area contributed by atoms with Crippen LogP contribution in [0.1, 0.15) is 75.1 Å². The second-order valence-corrected chi connectivity index (χ2v) is 13.1. The lowest BCUT2D eigenvalue weighted by atomic mass is 9.64. The van der Waals surface area contributed by atoms with E-state index in [0.29, 0.717) is 17.5 Å². The molecule has 0 heterocycles. The van der Waals surface area contributed by atoms with E-state index in [-0.39, 0.29) is 10.8 Å². The molecule has 0 saturated heterocycles. The SMILES string of the molecule is CC1CCC(C)(C(=O)Nc2ccc(S(=O)(=O)N(C)C)cc2)c2ccc3c(c21)CCC(C(C)C)C3.